The van der Waals surface area contributed by atoms with E-state index >= 15 is 0 Å². The molecule has 1 aliphatic rings. The number of unbranched alkanes of at least 4 members (excludes halogenated alkanes) is 1. The number of aryl methyl sites for hydroxylation is 2. The highest BCUT2D eigenvalue weighted by molar-refractivity contribution is 6.31. The van der Waals surface area contributed by atoms with Crippen LogP contribution >= 0.6 is 11.6 Å². The Morgan fingerprint density at radius 2 is 2.13 bits per heavy atom. The molecule has 3 N–H and O–H groups in total. The van der Waals surface area contributed by atoms with Crippen molar-refractivity contribution in [3.63, 3.8) is 0 Å². The molecule has 1 fully saturated rings. The second-order valence-corrected chi connectivity index (χ2v) is 7.66. The predicted molar refractivity (Wildman–Crippen MR) is 115 cm³/mol. The summed E-state index contributed by atoms with van der Waals surface area (Å²) in [6, 6.07) is 6.22. The number of anilines is 1. The van der Waals surface area contributed by atoms with E-state index in [0.717, 1.165) is 25.1 Å². The van der Waals surface area contributed by atoms with Crippen LogP contribution in [0.4, 0.5) is 10.5 Å². The van der Waals surface area contributed by atoms with Gasteiger partial charge in [-0.25, -0.2) is 4.79 Å². The fraction of sp³-hybridized carbons (Fsp3) is 0.333. The molecule has 1 unspecified atom stereocenters. The predicted octanol–water partition coefficient (Wildman–Crippen LogP) is 3.35. The number of amides is 4. The second-order valence-electron chi connectivity index (χ2n) is 7.30. The minimum atomic E-state index is -1.19. The number of hydrogen-bond acceptors (Lipinski definition) is 4. The van der Waals surface area contributed by atoms with Crippen LogP contribution < -0.4 is 16.0 Å². The maximum atomic E-state index is 12.4. The van der Waals surface area contributed by atoms with Crippen LogP contribution in [0.25, 0.3) is 6.08 Å². The first-order chi connectivity index (χ1) is 14.2. The van der Waals surface area contributed by atoms with Crippen molar-refractivity contribution in [2.75, 3.05) is 5.32 Å². The minimum Gasteiger partial charge on any atom is -0.323 e. The quantitative estimate of drug-likeness (QED) is 0.463. The van der Waals surface area contributed by atoms with Crippen molar-refractivity contribution < 1.29 is 14.4 Å². The van der Waals surface area contributed by atoms with Crippen LogP contribution in [-0.2, 0) is 21.7 Å². The van der Waals surface area contributed by atoms with Crippen LogP contribution in [0.2, 0.25) is 5.15 Å². The highest BCUT2D eigenvalue weighted by atomic mass is 35.5. The SMILES string of the molecule is CCCCn1nc(C)c(C=CC(=O)Nc2cccc(C3(C)NC(=O)NC3=O)c2)c1Cl. The first-order valence-electron chi connectivity index (χ1n) is 9.70. The summed E-state index contributed by atoms with van der Waals surface area (Å²) in [4.78, 5) is 36.0. The Balaban J connectivity index is 1.72. The average Bonchev–Trinajstić information content (AvgIpc) is 3.12. The van der Waals surface area contributed by atoms with E-state index in [4.69, 9.17) is 11.6 Å². The Kier molecular flexibility index (Phi) is 6.26. The van der Waals surface area contributed by atoms with Gasteiger partial charge in [0.05, 0.1) is 5.69 Å². The molecule has 0 spiro atoms. The van der Waals surface area contributed by atoms with Gasteiger partial charge in [0.1, 0.15) is 10.7 Å². The van der Waals surface area contributed by atoms with Gasteiger partial charge in [-0.3, -0.25) is 19.6 Å². The van der Waals surface area contributed by atoms with Gasteiger partial charge in [0.15, 0.2) is 0 Å². The van der Waals surface area contributed by atoms with E-state index in [-0.39, 0.29) is 5.91 Å². The summed E-state index contributed by atoms with van der Waals surface area (Å²) >= 11 is 6.39. The fourth-order valence-corrected chi connectivity index (χ4v) is 3.53. The third kappa shape index (κ3) is 4.38. The van der Waals surface area contributed by atoms with Gasteiger partial charge in [-0.1, -0.05) is 37.1 Å². The van der Waals surface area contributed by atoms with E-state index in [1.54, 1.807) is 41.9 Å². The van der Waals surface area contributed by atoms with Crippen molar-refractivity contribution in [1.82, 2.24) is 20.4 Å². The van der Waals surface area contributed by atoms with E-state index in [2.05, 4.69) is 28.0 Å². The van der Waals surface area contributed by atoms with Gasteiger partial charge in [-0.2, -0.15) is 5.10 Å². The summed E-state index contributed by atoms with van der Waals surface area (Å²) in [6.45, 7) is 6.27. The molecule has 30 heavy (non-hydrogen) atoms. The number of urea groups is 1. The van der Waals surface area contributed by atoms with Gasteiger partial charge in [0.25, 0.3) is 5.91 Å². The highest BCUT2D eigenvalue weighted by Crippen LogP contribution is 2.27. The fourth-order valence-electron chi connectivity index (χ4n) is 3.21. The van der Waals surface area contributed by atoms with Crippen LogP contribution in [-0.4, -0.2) is 27.6 Å². The molecule has 4 amide bonds. The number of aromatic nitrogens is 2. The Labute approximate surface area is 179 Å². The lowest BCUT2D eigenvalue weighted by Crippen LogP contribution is -2.40. The summed E-state index contributed by atoms with van der Waals surface area (Å²) < 4.78 is 1.74. The summed E-state index contributed by atoms with van der Waals surface area (Å²) in [7, 11) is 0. The zero-order chi connectivity index (χ0) is 21.9. The molecule has 0 radical (unpaired) electrons. The molecule has 8 nitrogen and oxygen atoms in total. The number of nitrogens with zero attached hydrogens (tertiary/aromatic N) is 2. The van der Waals surface area contributed by atoms with Crippen LogP contribution in [0.5, 0.6) is 0 Å². The van der Waals surface area contributed by atoms with Crippen LogP contribution in [0, 0.1) is 6.92 Å². The van der Waals surface area contributed by atoms with Gasteiger partial charge in [0.2, 0.25) is 5.91 Å². The summed E-state index contributed by atoms with van der Waals surface area (Å²) in [6.07, 6.45) is 5.03. The Morgan fingerprint density at radius 3 is 2.80 bits per heavy atom. The Morgan fingerprint density at radius 1 is 1.37 bits per heavy atom. The zero-order valence-electron chi connectivity index (χ0n) is 17.1. The molecule has 0 bridgehead atoms. The van der Waals surface area contributed by atoms with Gasteiger partial charge in [-0.15, -0.1) is 0 Å². The molecular formula is C21H24ClN5O3. The number of carbonyl (C=O) groups is 3. The maximum absolute atomic E-state index is 12.4. The lowest BCUT2D eigenvalue weighted by molar-refractivity contribution is -0.123. The summed E-state index contributed by atoms with van der Waals surface area (Å²) in [5.74, 6) is -0.796. The first kappa shape index (κ1) is 21.6. The van der Waals surface area contributed by atoms with Crippen LogP contribution in [0.1, 0.15) is 43.5 Å². The number of rotatable bonds is 7. The topological polar surface area (TPSA) is 105 Å². The standard InChI is InChI=1S/C21H24ClN5O3/c1-4-5-11-27-18(22)16(13(2)26-27)9-10-17(28)23-15-8-6-7-14(12-15)21(3)19(29)24-20(30)25-21/h6-10,12H,4-5,11H2,1-3H3,(H,23,28)(H2,24,25,29,30). The Bertz CT molecular complexity index is 1030. The highest BCUT2D eigenvalue weighted by Gasteiger charge is 2.43. The van der Waals surface area contributed by atoms with E-state index in [1.165, 1.54) is 6.08 Å². The molecule has 0 saturated carbocycles. The smallest absolute Gasteiger partial charge is 0.322 e. The number of carbonyl (C=O) groups excluding carboxylic acids is 3. The monoisotopic (exact) mass is 429 g/mol. The normalized spacial score (nSPS) is 18.5. The number of benzene rings is 1. The third-order valence-corrected chi connectivity index (χ3v) is 5.39. The van der Waals surface area contributed by atoms with Gasteiger partial charge in [0, 0.05) is 23.9 Å². The van der Waals surface area contributed by atoms with Gasteiger partial charge >= 0.3 is 6.03 Å². The zero-order valence-corrected chi connectivity index (χ0v) is 17.8. The van der Waals surface area contributed by atoms with Crippen molar-refractivity contribution in [2.45, 2.75) is 45.7 Å². The molecule has 1 aromatic heterocycles. The van der Waals surface area contributed by atoms with E-state index in [9.17, 15) is 14.4 Å². The largest absolute Gasteiger partial charge is 0.323 e. The van der Waals surface area contributed by atoms with Crippen LogP contribution in [0.3, 0.4) is 0 Å². The summed E-state index contributed by atoms with van der Waals surface area (Å²) in [5.41, 5.74) is 1.32. The lowest BCUT2D eigenvalue weighted by Gasteiger charge is -2.21. The molecule has 1 atom stereocenters. The van der Waals surface area contributed by atoms with E-state index in [0.29, 0.717) is 22.0 Å². The average molecular weight is 430 g/mol. The number of halogens is 1. The lowest BCUT2D eigenvalue weighted by atomic mass is 9.92. The Hall–Kier alpha value is -3.13. The second kappa shape index (κ2) is 8.71. The van der Waals surface area contributed by atoms with E-state index in [1.807, 2.05) is 6.92 Å². The molecule has 0 aliphatic carbocycles. The van der Waals surface area contributed by atoms with Crippen molar-refractivity contribution >= 4 is 41.2 Å². The number of imide groups is 1. The number of hydrogen-bond donors (Lipinski definition) is 3. The molecular weight excluding hydrogens is 406 g/mol. The third-order valence-electron chi connectivity index (χ3n) is 4.99. The van der Waals surface area contributed by atoms with Crippen LogP contribution in [0.15, 0.2) is 30.3 Å². The first-order valence-corrected chi connectivity index (χ1v) is 10.1. The van der Waals surface area contributed by atoms with Crippen molar-refractivity contribution in [1.29, 1.82) is 0 Å². The molecule has 2 heterocycles. The number of nitrogens with one attached hydrogen (secondary N) is 3. The van der Waals surface area contributed by atoms with Crippen molar-refractivity contribution in [2.24, 2.45) is 0 Å². The molecule has 1 aliphatic heterocycles. The van der Waals surface area contributed by atoms with Gasteiger partial charge < -0.3 is 10.6 Å². The molecule has 1 saturated heterocycles. The van der Waals surface area contributed by atoms with Gasteiger partial charge in [-0.05, 0) is 44.0 Å². The van der Waals surface area contributed by atoms with E-state index < -0.39 is 17.5 Å². The van der Waals surface area contributed by atoms with Crippen molar-refractivity contribution in [3.8, 4) is 0 Å². The molecule has 3 rings (SSSR count). The molecule has 1 aromatic carbocycles. The molecule has 158 valence electrons. The molecule has 9 heteroatoms. The van der Waals surface area contributed by atoms with Crippen molar-refractivity contribution in [3.05, 3.63) is 52.3 Å². The molecule has 2 aromatic rings. The summed E-state index contributed by atoms with van der Waals surface area (Å²) in [5, 5.41) is 12.5. The maximum Gasteiger partial charge on any atom is 0.322 e. The minimum absolute atomic E-state index is 0.353.